The fraction of sp³-hybridized carbons (Fsp3) is 0.0714. The van der Waals surface area contributed by atoms with Gasteiger partial charge in [0.25, 0.3) is 5.69 Å². The molecule has 1 N–H and O–H groups in total. The molecule has 2 aromatic rings. The zero-order valence-electron chi connectivity index (χ0n) is 12.6. The van der Waals surface area contributed by atoms with E-state index in [-0.39, 0.29) is 15.7 Å². The van der Waals surface area contributed by atoms with Crippen LogP contribution < -0.4 is 10.2 Å². The number of hydrogen-bond acceptors (Lipinski definition) is 7. The molecule has 0 aromatic heterocycles. The molecule has 0 bridgehead atoms. The molecule has 0 spiro atoms. The molecule has 0 amide bonds. The van der Waals surface area contributed by atoms with E-state index >= 15 is 0 Å². The maximum atomic E-state index is 11.0. The van der Waals surface area contributed by atoms with Crippen LogP contribution in [0.2, 0.25) is 10.0 Å². The number of ether oxygens (including phenoxy) is 1. The third-order valence-corrected chi connectivity index (χ3v) is 3.57. The van der Waals surface area contributed by atoms with Crippen LogP contribution >= 0.6 is 23.2 Å². The molecule has 0 heterocycles. The van der Waals surface area contributed by atoms with Crippen LogP contribution in [0.5, 0.6) is 5.75 Å². The van der Waals surface area contributed by atoms with Gasteiger partial charge in [-0.2, -0.15) is 5.10 Å². The number of nitrogens with one attached hydrogen (secondary N) is 1. The predicted octanol–water partition coefficient (Wildman–Crippen LogP) is 4.26. The van der Waals surface area contributed by atoms with Gasteiger partial charge in [0.15, 0.2) is 5.75 Å². The SMILES string of the molecule is COc1c(Cl)cc(/C=N\Nc2ccc([N+](=O)[O-])cc2[N+](=O)[O-])cc1Cl. The van der Waals surface area contributed by atoms with Crippen molar-refractivity contribution >= 4 is 46.5 Å². The lowest BCUT2D eigenvalue weighted by atomic mass is 10.2. The number of halogens is 2. The first-order valence-electron chi connectivity index (χ1n) is 6.58. The Morgan fingerprint density at radius 3 is 2.28 bits per heavy atom. The summed E-state index contributed by atoms with van der Waals surface area (Å²) in [6.07, 6.45) is 1.34. The van der Waals surface area contributed by atoms with Crippen LogP contribution in [0.4, 0.5) is 17.1 Å². The fourth-order valence-corrected chi connectivity index (χ4v) is 2.56. The Morgan fingerprint density at radius 1 is 1.12 bits per heavy atom. The van der Waals surface area contributed by atoms with Gasteiger partial charge in [-0.25, -0.2) is 0 Å². The Hall–Kier alpha value is -2.91. The summed E-state index contributed by atoms with van der Waals surface area (Å²) in [5.74, 6) is 0.319. The lowest BCUT2D eigenvalue weighted by Crippen LogP contribution is -1.99. The number of nitro benzene ring substituents is 2. The summed E-state index contributed by atoms with van der Waals surface area (Å²) < 4.78 is 5.02. The molecule has 0 fully saturated rings. The zero-order valence-corrected chi connectivity index (χ0v) is 14.1. The van der Waals surface area contributed by atoms with Crippen LogP contribution in [0.15, 0.2) is 35.4 Å². The van der Waals surface area contributed by atoms with Gasteiger partial charge in [-0.15, -0.1) is 0 Å². The van der Waals surface area contributed by atoms with Gasteiger partial charge in [0, 0.05) is 6.07 Å². The van der Waals surface area contributed by atoms with E-state index in [4.69, 9.17) is 27.9 Å². The van der Waals surface area contributed by atoms with Crippen LogP contribution in [0.1, 0.15) is 5.56 Å². The van der Waals surface area contributed by atoms with Crippen LogP contribution in [-0.4, -0.2) is 23.2 Å². The lowest BCUT2D eigenvalue weighted by Gasteiger charge is -2.06. The minimum Gasteiger partial charge on any atom is -0.494 e. The van der Waals surface area contributed by atoms with Gasteiger partial charge >= 0.3 is 5.69 Å². The standard InChI is InChI=1S/C14H10Cl2N4O5/c1-25-14-10(15)4-8(5-11(14)16)7-17-18-12-3-2-9(19(21)22)6-13(12)20(23)24/h2-7,18H,1H3/b17-7-. The third-order valence-electron chi connectivity index (χ3n) is 3.01. The minimum absolute atomic E-state index is 0.00226. The Kier molecular flexibility index (Phi) is 5.73. The number of non-ortho nitro benzene ring substituents is 1. The van der Waals surface area contributed by atoms with Crippen molar-refractivity contribution in [3.05, 3.63) is 66.2 Å². The van der Waals surface area contributed by atoms with Crippen molar-refractivity contribution in [3.63, 3.8) is 0 Å². The molecule has 0 aliphatic rings. The fourth-order valence-electron chi connectivity index (χ4n) is 1.90. The van der Waals surface area contributed by atoms with E-state index in [1.165, 1.54) is 19.4 Å². The maximum Gasteiger partial charge on any atom is 0.301 e. The number of nitro groups is 2. The Balaban J connectivity index is 2.25. The molecule has 0 aliphatic heterocycles. The first kappa shape index (κ1) is 18.4. The van der Waals surface area contributed by atoms with Crippen LogP contribution in [0, 0.1) is 20.2 Å². The van der Waals surface area contributed by atoms with E-state index < -0.39 is 21.2 Å². The van der Waals surface area contributed by atoms with Crippen molar-refractivity contribution in [2.24, 2.45) is 5.10 Å². The number of hydrazone groups is 1. The highest BCUT2D eigenvalue weighted by Crippen LogP contribution is 2.33. The summed E-state index contributed by atoms with van der Waals surface area (Å²) in [4.78, 5) is 20.3. The van der Waals surface area contributed by atoms with Crippen LogP contribution in [-0.2, 0) is 0 Å². The van der Waals surface area contributed by atoms with Gasteiger partial charge in [0.1, 0.15) is 5.69 Å². The van der Waals surface area contributed by atoms with Crippen molar-refractivity contribution in [3.8, 4) is 5.75 Å². The Morgan fingerprint density at radius 2 is 1.76 bits per heavy atom. The molecule has 0 saturated carbocycles. The number of benzene rings is 2. The highest BCUT2D eigenvalue weighted by atomic mass is 35.5. The van der Waals surface area contributed by atoms with E-state index in [1.807, 2.05) is 0 Å². The average Bonchev–Trinajstić information content (AvgIpc) is 2.54. The Labute approximate surface area is 151 Å². The first-order chi connectivity index (χ1) is 11.8. The monoisotopic (exact) mass is 384 g/mol. The van der Waals surface area contributed by atoms with Crippen molar-refractivity contribution in [2.45, 2.75) is 0 Å². The molecule has 130 valence electrons. The largest absolute Gasteiger partial charge is 0.494 e. The summed E-state index contributed by atoms with van der Waals surface area (Å²) in [5.41, 5.74) is 2.11. The molecule has 0 saturated heterocycles. The molecule has 9 nitrogen and oxygen atoms in total. The number of anilines is 1. The van der Waals surface area contributed by atoms with Gasteiger partial charge in [-0.05, 0) is 23.8 Å². The van der Waals surface area contributed by atoms with Gasteiger partial charge in [0.05, 0.1) is 39.3 Å². The topological polar surface area (TPSA) is 120 Å². The van der Waals surface area contributed by atoms with E-state index in [1.54, 1.807) is 12.1 Å². The second-order valence-corrected chi connectivity index (χ2v) is 5.42. The van der Waals surface area contributed by atoms with E-state index in [0.29, 0.717) is 11.3 Å². The second-order valence-electron chi connectivity index (χ2n) is 4.60. The molecular formula is C14H10Cl2N4O5. The highest BCUT2D eigenvalue weighted by Gasteiger charge is 2.19. The lowest BCUT2D eigenvalue weighted by molar-refractivity contribution is -0.393. The van der Waals surface area contributed by atoms with Crippen molar-refractivity contribution < 1.29 is 14.6 Å². The zero-order chi connectivity index (χ0) is 18.6. The van der Waals surface area contributed by atoms with Crippen molar-refractivity contribution in [1.82, 2.24) is 0 Å². The highest BCUT2D eigenvalue weighted by molar-refractivity contribution is 6.37. The molecule has 11 heteroatoms. The average molecular weight is 385 g/mol. The molecule has 0 atom stereocenters. The van der Waals surface area contributed by atoms with E-state index in [9.17, 15) is 20.2 Å². The first-order valence-corrected chi connectivity index (χ1v) is 7.34. The predicted molar refractivity (Wildman–Crippen MR) is 94.0 cm³/mol. The minimum atomic E-state index is -0.744. The van der Waals surface area contributed by atoms with Gasteiger partial charge in [0.2, 0.25) is 0 Å². The third kappa shape index (κ3) is 4.34. The normalized spacial score (nSPS) is 10.7. The van der Waals surface area contributed by atoms with Crippen LogP contribution in [0.25, 0.3) is 0 Å². The molecular weight excluding hydrogens is 375 g/mol. The van der Waals surface area contributed by atoms with Gasteiger partial charge < -0.3 is 4.74 Å². The van der Waals surface area contributed by atoms with Crippen molar-refractivity contribution in [1.29, 1.82) is 0 Å². The molecule has 0 radical (unpaired) electrons. The van der Waals surface area contributed by atoms with Gasteiger partial charge in [-0.3, -0.25) is 25.7 Å². The molecule has 0 unspecified atom stereocenters. The smallest absolute Gasteiger partial charge is 0.301 e. The second kappa shape index (κ2) is 7.77. The number of rotatable bonds is 6. The quantitative estimate of drug-likeness (QED) is 0.451. The van der Waals surface area contributed by atoms with E-state index in [2.05, 4.69) is 10.5 Å². The van der Waals surface area contributed by atoms with Crippen LogP contribution in [0.3, 0.4) is 0 Å². The summed E-state index contributed by atoms with van der Waals surface area (Å²) in [7, 11) is 1.43. The molecule has 2 rings (SSSR count). The molecule has 2 aromatic carbocycles. The maximum absolute atomic E-state index is 11.0. The van der Waals surface area contributed by atoms with Gasteiger partial charge in [-0.1, -0.05) is 23.2 Å². The van der Waals surface area contributed by atoms with Crippen molar-refractivity contribution in [2.75, 3.05) is 12.5 Å². The summed E-state index contributed by atoms with van der Waals surface area (Å²) in [5, 5.41) is 26.1. The summed E-state index contributed by atoms with van der Waals surface area (Å²) >= 11 is 12.0. The number of methoxy groups -OCH3 is 1. The summed E-state index contributed by atoms with van der Waals surface area (Å²) in [6.45, 7) is 0. The number of nitrogens with zero attached hydrogens (tertiary/aromatic N) is 3. The number of hydrogen-bond donors (Lipinski definition) is 1. The Bertz CT molecular complexity index is 849. The molecule has 0 aliphatic carbocycles. The summed E-state index contributed by atoms with van der Waals surface area (Å²) in [6, 6.07) is 6.26. The van der Waals surface area contributed by atoms with E-state index in [0.717, 1.165) is 12.1 Å². The molecule has 25 heavy (non-hydrogen) atoms.